The highest BCUT2D eigenvalue weighted by Crippen LogP contribution is 2.44. The summed E-state index contributed by atoms with van der Waals surface area (Å²) in [6.45, 7) is 11.6. The smallest absolute Gasteiger partial charge is 0.124 e. The molecule has 3 nitrogen and oxygen atoms in total. The third kappa shape index (κ3) is 3.61. The van der Waals surface area contributed by atoms with Crippen LogP contribution in [0.5, 0.6) is 0 Å². The van der Waals surface area contributed by atoms with E-state index in [1.54, 1.807) is 0 Å². The summed E-state index contributed by atoms with van der Waals surface area (Å²) >= 11 is 0. The molecule has 0 saturated heterocycles. The Bertz CT molecular complexity index is 471. The first-order valence-corrected chi connectivity index (χ1v) is 8.51. The molecular weight excluding hydrogens is 258 g/mol. The summed E-state index contributed by atoms with van der Waals surface area (Å²) in [5, 5.41) is 4.77. The number of anilines is 1. The van der Waals surface area contributed by atoms with Crippen molar-refractivity contribution in [3.8, 4) is 0 Å². The molecule has 2 rings (SSSR count). The molecule has 0 aliphatic heterocycles. The Balaban J connectivity index is 2.15. The van der Waals surface area contributed by atoms with E-state index in [1.807, 2.05) is 11.7 Å². The summed E-state index contributed by atoms with van der Waals surface area (Å²) in [6, 6.07) is 0. The van der Waals surface area contributed by atoms with Crippen molar-refractivity contribution in [1.82, 2.24) is 9.78 Å². The van der Waals surface area contributed by atoms with Crippen LogP contribution in [-0.4, -0.2) is 9.78 Å². The molecule has 1 fully saturated rings. The number of hydrogen-bond acceptors (Lipinski definition) is 2. The van der Waals surface area contributed by atoms with Crippen LogP contribution >= 0.6 is 0 Å². The van der Waals surface area contributed by atoms with Gasteiger partial charge in [-0.3, -0.25) is 4.68 Å². The fourth-order valence-electron chi connectivity index (χ4n) is 3.78. The molecule has 0 bridgehead atoms. The van der Waals surface area contributed by atoms with E-state index in [9.17, 15) is 0 Å². The molecular formula is C18H33N3. The van der Waals surface area contributed by atoms with Gasteiger partial charge in [0, 0.05) is 18.5 Å². The van der Waals surface area contributed by atoms with Gasteiger partial charge in [-0.05, 0) is 49.4 Å². The first kappa shape index (κ1) is 16.4. The zero-order valence-electron chi connectivity index (χ0n) is 14.7. The van der Waals surface area contributed by atoms with Crippen molar-refractivity contribution in [2.24, 2.45) is 24.3 Å². The highest BCUT2D eigenvalue weighted by Gasteiger charge is 2.32. The minimum Gasteiger partial charge on any atom is -0.384 e. The highest BCUT2D eigenvalue weighted by atomic mass is 15.3. The first-order chi connectivity index (χ1) is 9.70. The lowest BCUT2D eigenvalue weighted by Crippen LogP contribution is -2.25. The molecule has 1 aromatic rings. The zero-order chi connectivity index (χ0) is 15.8. The van der Waals surface area contributed by atoms with Crippen molar-refractivity contribution in [2.45, 2.75) is 72.6 Å². The maximum absolute atomic E-state index is 6.26. The number of hydrogen-bond donors (Lipinski definition) is 1. The molecule has 0 unspecified atom stereocenters. The summed E-state index contributed by atoms with van der Waals surface area (Å²) < 4.78 is 1.88. The molecule has 1 heterocycles. The number of aromatic nitrogens is 2. The Labute approximate surface area is 130 Å². The Hall–Kier alpha value is -0.990. The van der Waals surface area contributed by atoms with Gasteiger partial charge in [-0.15, -0.1) is 0 Å². The number of nitrogens with zero attached hydrogens (tertiary/aromatic N) is 2. The van der Waals surface area contributed by atoms with Crippen LogP contribution in [0.4, 0.5) is 5.82 Å². The molecule has 1 saturated carbocycles. The minimum absolute atomic E-state index is 0.439. The lowest BCUT2D eigenvalue weighted by molar-refractivity contribution is 0.168. The second-order valence-electron chi connectivity index (χ2n) is 8.39. The van der Waals surface area contributed by atoms with Gasteiger partial charge in [0.2, 0.25) is 0 Å². The average molecular weight is 291 g/mol. The van der Waals surface area contributed by atoms with Gasteiger partial charge in [0.05, 0.1) is 5.69 Å². The van der Waals surface area contributed by atoms with Crippen LogP contribution in [-0.2, 0) is 13.5 Å². The van der Waals surface area contributed by atoms with Crippen molar-refractivity contribution in [2.75, 3.05) is 5.73 Å². The van der Waals surface area contributed by atoms with Crippen LogP contribution in [0.1, 0.15) is 77.5 Å². The maximum atomic E-state index is 6.26. The predicted octanol–water partition coefficient (Wildman–Crippen LogP) is 4.52. The monoisotopic (exact) mass is 291 g/mol. The number of nitrogens with two attached hydrogens (primary N) is 1. The van der Waals surface area contributed by atoms with Gasteiger partial charge in [-0.1, -0.05) is 34.6 Å². The molecule has 3 heteroatoms. The lowest BCUT2D eigenvalue weighted by atomic mass is 9.69. The number of aryl methyl sites for hydroxylation is 1. The number of nitrogen functional groups attached to an aromatic ring is 1. The Kier molecular flexibility index (Phi) is 4.69. The molecule has 1 aliphatic rings. The van der Waals surface area contributed by atoms with Gasteiger partial charge >= 0.3 is 0 Å². The van der Waals surface area contributed by atoms with Gasteiger partial charge in [-0.2, -0.15) is 5.10 Å². The van der Waals surface area contributed by atoms with Crippen molar-refractivity contribution >= 4 is 5.82 Å². The van der Waals surface area contributed by atoms with Gasteiger partial charge in [0.1, 0.15) is 5.82 Å². The maximum Gasteiger partial charge on any atom is 0.124 e. The Morgan fingerprint density at radius 3 is 2.24 bits per heavy atom. The molecule has 1 aromatic heterocycles. The van der Waals surface area contributed by atoms with Crippen LogP contribution in [0.15, 0.2) is 0 Å². The van der Waals surface area contributed by atoms with Crippen LogP contribution in [0.3, 0.4) is 0 Å². The summed E-state index contributed by atoms with van der Waals surface area (Å²) in [7, 11) is 1.98. The van der Waals surface area contributed by atoms with Crippen LogP contribution < -0.4 is 5.73 Å². The third-order valence-corrected chi connectivity index (χ3v) is 5.18. The summed E-state index contributed by atoms with van der Waals surface area (Å²) in [6.07, 6.45) is 6.23. The van der Waals surface area contributed by atoms with E-state index in [0.29, 0.717) is 17.3 Å². The van der Waals surface area contributed by atoms with E-state index >= 15 is 0 Å². The summed E-state index contributed by atoms with van der Waals surface area (Å²) in [4.78, 5) is 0. The normalized spacial score (nSPS) is 23.8. The van der Waals surface area contributed by atoms with Gasteiger partial charge in [-0.25, -0.2) is 0 Å². The Morgan fingerprint density at radius 1 is 1.19 bits per heavy atom. The van der Waals surface area contributed by atoms with Gasteiger partial charge < -0.3 is 5.73 Å². The molecule has 0 amide bonds. The summed E-state index contributed by atoms with van der Waals surface area (Å²) in [5.74, 6) is 2.96. The van der Waals surface area contributed by atoms with E-state index in [0.717, 1.165) is 18.2 Å². The summed E-state index contributed by atoms with van der Waals surface area (Å²) in [5.41, 5.74) is 9.29. The second kappa shape index (κ2) is 6.02. The molecule has 21 heavy (non-hydrogen) atoms. The molecule has 1 aliphatic carbocycles. The molecule has 0 radical (unpaired) electrons. The average Bonchev–Trinajstić information content (AvgIpc) is 2.66. The quantitative estimate of drug-likeness (QED) is 0.889. The van der Waals surface area contributed by atoms with E-state index in [4.69, 9.17) is 10.8 Å². The standard InChI is InChI=1S/C18H33N3/c1-12(2)11-15-16(20-21(6)17(15)19)13-7-9-14(10-8-13)18(3,4)5/h12-14H,7-11,19H2,1-6H3. The second-order valence-corrected chi connectivity index (χ2v) is 8.39. The molecule has 0 spiro atoms. The minimum atomic E-state index is 0.439. The van der Waals surface area contributed by atoms with Crippen LogP contribution in [0.25, 0.3) is 0 Å². The number of rotatable bonds is 3. The zero-order valence-corrected chi connectivity index (χ0v) is 14.7. The van der Waals surface area contributed by atoms with Crippen LogP contribution in [0.2, 0.25) is 0 Å². The Morgan fingerprint density at radius 2 is 1.76 bits per heavy atom. The SMILES string of the molecule is CC(C)Cc1c(C2CCC(C(C)(C)C)CC2)nn(C)c1N. The van der Waals surface area contributed by atoms with E-state index in [1.165, 1.54) is 36.9 Å². The third-order valence-electron chi connectivity index (χ3n) is 5.18. The molecule has 120 valence electrons. The molecule has 0 aromatic carbocycles. The van der Waals surface area contributed by atoms with Crippen molar-refractivity contribution < 1.29 is 0 Å². The van der Waals surface area contributed by atoms with E-state index in [2.05, 4.69) is 34.6 Å². The van der Waals surface area contributed by atoms with Crippen molar-refractivity contribution in [3.05, 3.63) is 11.3 Å². The first-order valence-electron chi connectivity index (χ1n) is 8.51. The van der Waals surface area contributed by atoms with Crippen LogP contribution in [0, 0.1) is 17.3 Å². The molecule has 0 atom stereocenters. The van der Waals surface area contributed by atoms with Crippen molar-refractivity contribution in [1.29, 1.82) is 0 Å². The van der Waals surface area contributed by atoms with Crippen molar-refractivity contribution in [3.63, 3.8) is 0 Å². The topological polar surface area (TPSA) is 43.8 Å². The highest BCUT2D eigenvalue weighted by molar-refractivity contribution is 5.45. The lowest BCUT2D eigenvalue weighted by Gasteiger charge is -2.36. The van der Waals surface area contributed by atoms with Gasteiger partial charge in [0.15, 0.2) is 0 Å². The fraction of sp³-hybridized carbons (Fsp3) is 0.833. The fourth-order valence-corrected chi connectivity index (χ4v) is 3.78. The van der Waals surface area contributed by atoms with E-state index in [-0.39, 0.29) is 0 Å². The van der Waals surface area contributed by atoms with E-state index < -0.39 is 0 Å². The predicted molar refractivity (Wildman–Crippen MR) is 90.3 cm³/mol. The largest absolute Gasteiger partial charge is 0.384 e. The molecule has 2 N–H and O–H groups in total. The van der Waals surface area contributed by atoms with Gasteiger partial charge in [0.25, 0.3) is 0 Å².